The van der Waals surface area contributed by atoms with Crippen LogP contribution in [0.15, 0.2) is 30.5 Å². The molecular formula is C16H22BrN3. The van der Waals surface area contributed by atoms with Crippen LogP contribution in [-0.2, 0) is 12.0 Å². The zero-order chi connectivity index (χ0) is 14.8. The SMILES string of the molecule is CCC(Br)c1cn(Cc2ccc(C(C)(C)C)cc2)nn1. The van der Waals surface area contributed by atoms with Crippen LogP contribution in [0.1, 0.15) is 55.8 Å². The molecule has 1 atom stereocenters. The average molecular weight is 336 g/mol. The molecule has 20 heavy (non-hydrogen) atoms. The first kappa shape index (κ1) is 15.2. The van der Waals surface area contributed by atoms with E-state index in [0.29, 0.717) is 4.83 Å². The summed E-state index contributed by atoms with van der Waals surface area (Å²) in [6.45, 7) is 9.58. The van der Waals surface area contributed by atoms with Crippen LogP contribution in [0.25, 0.3) is 0 Å². The quantitative estimate of drug-likeness (QED) is 0.771. The molecule has 0 N–H and O–H groups in total. The van der Waals surface area contributed by atoms with Gasteiger partial charge in [-0.05, 0) is 23.0 Å². The molecule has 0 bridgehead atoms. The number of hydrogen-bond donors (Lipinski definition) is 0. The summed E-state index contributed by atoms with van der Waals surface area (Å²) >= 11 is 3.60. The predicted octanol–water partition coefficient (Wildman–Crippen LogP) is 4.47. The van der Waals surface area contributed by atoms with E-state index in [1.165, 1.54) is 11.1 Å². The Hall–Kier alpha value is -1.16. The topological polar surface area (TPSA) is 30.7 Å². The Morgan fingerprint density at radius 1 is 1.20 bits per heavy atom. The highest BCUT2D eigenvalue weighted by Crippen LogP contribution is 2.24. The Labute approximate surface area is 129 Å². The van der Waals surface area contributed by atoms with Crippen LogP contribution in [0.2, 0.25) is 0 Å². The van der Waals surface area contributed by atoms with Crippen LogP contribution >= 0.6 is 15.9 Å². The fourth-order valence-electron chi connectivity index (χ4n) is 2.04. The molecule has 0 spiro atoms. The van der Waals surface area contributed by atoms with Crippen LogP contribution < -0.4 is 0 Å². The number of halogens is 1. The summed E-state index contributed by atoms with van der Waals surface area (Å²) in [6, 6.07) is 8.75. The lowest BCUT2D eigenvalue weighted by atomic mass is 9.87. The second-order valence-corrected chi connectivity index (χ2v) is 7.27. The van der Waals surface area contributed by atoms with Crippen molar-refractivity contribution in [3.8, 4) is 0 Å². The largest absolute Gasteiger partial charge is 0.248 e. The number of alkyl halides is 1. The molecule has 1 aromatic heterocycles. The summed E-state index contributed by atoms with van der Waals surface area (Å²) in [7, 11) is 0. The maximum absolute atomic E-state index is 4.21. The van der Waals surface area contributed by atoms with Crippen molar-refractivity contribution < 1.29 is 0 Å². The molecule has 4 heteroatoms. The van der Waals surface area contributed by atoms with E-state index in [0.717, 1.165) is 18.7 Å². The van der Waals surface area contributed by atoms with Crippen molar-refractivity contribution in [2.75, 3.05) is 0 Å². The number of aromatic nitrogens is 3. The summed E-state index contributed by atoms with van der Waals surface area (Å²) in [6.07, 6.45) is 3.03. The molecule has 0 saturated heterocycles. The van der Waals surface area contributed by atoms with Crippen molar-refractivity contribution in [2.24, 2.45) is 0 Å². The average Bonchev–Trinajstić information content (AvgIpc) is 2.86. The first-order valence-electron chi connectivity index (χ1n) is 7.03. The van der Waals surface area contributed by atoms with Gasteiger partial charge in [0.2, 0.25) is 0 Å². The molecule has 2 aromatic rings. The molecule has 0 aliphatic carbocycles. The molecule has 108 valence electrons. The molecule has 2 rings (SSSR count). The molecule has 0 amide bonds. The highest BCUT2D eigenvalue weighted by molar-refractivity contribution is 9.09. The van der Waals surface area contributed by atoms with Crippen molar-refractivity contribution in [1.82, 2.24) is 15.0 Å². The van der Waals surface area contributed by atoms with Crippen LogP contribution in [-0.4, -0.2) is 15.0 Å². The zero-order valence-corrected chi connectivity index (χ0v) is 14.2. The Morgan fingerprint density at radius 2 is 1.85 bits per heavy atom. The van der Waals surface area contributed by atoms with Crippen molar-refractivity contribution in [1.29, 1.82) is 0 Å². The Balaban J connectivity index is 2.08. The van der Waals surface area contributed by atoms with E-state index in [1.807, 2.05) is 10.9 Å². The van der Waals surface area contributed by atoms with E-state index in [1.54, 1.807) is 0 Å². The summed E-state index contributed by atoms with van der Waals surface area (Å²) in [5.41, 5.74) is 3.80. The minimum Gasteiger partial charge on any atom is -0.248 e. The van der Waals surface area contributed by atoms with Crippen LogP contribution in [0.3, 0.4) is 0 Å². The Morgan fingerprint density at radius 3 is 2.40 bits per heavy atom. The van der Waals surface area contributed by atoms with Gasteiger partial charge >= 0.3 is 0 Å². The van der Waals surface area contributed by atoms with E-state index in [4.69, 9.17) is 0 Å². The van der Waals surface area contributed by atoms with Crippen molar-refractivity contribution in [3.05, 3.63) is 47.3 Å². The molecule has 0 aliphatic heterocycles. The Bertz CT molecular complexity index is 552. The van der Waals surface area contributed by atoms with Gasteiger partial charge in [0.15, 0.2) is 0 Å². The van der Waals surface area contributed by atoms with Gasteiger partial charge in [-0.15, -0.1) is 5.10 Å². The number of rotatable bonds is 4. The zero-order valence-electron chi connectivity index (χ0n) is 12.6. The van der Waals surface area contributed by atoms with Gasteiger partial charge in [0, 0.05) is 6.20 Å². The molecule has 3 nitrogen and oxygen atoms in total. The second-order valence-electron chi connectivity index (χ2n) is 6.16. The highest BCUT2D eigenvalue weighted by Gasteiger charge is 2.13. The third kappa shape index (κ3) is 3.69. The van der Waals surface area contributed by atoms with Crippen LogP contribution in [0, 0.1) is 0 Å². The maximum Gasteiger partial charge on any atom is 0.0963 e. The monoisotopic (exact) mass is 335 g/mol. The number of hydrogen-bond acceptors (Lipinski definition) is 2. The molecule has 1 unspecified atom stereocenters. The van der Waals surface area contributed by atoms with E-state index >= 15 is 0 Å². The summed E-state index contributed by atoms with van der Waals surface area (Å²) in [4.78, 5) is 0.291. The first-order chi connectivity index (χ1) is 9.40. The molecule has 0 saturated carbocycles. The van der Waals surface area contributed by atoms with E-state index in [2.05, 4.69) is 78.2 Å². The third-order valence-electron chi connectivity index (χ3n) is 3.40. The standard InChI is InChI=1S/C16H22BrN3/c1-5-14(17)15-11-20(19-18-15)10-12-6-8-13(9-7-12)16(2,3)4/h6-9,11,14H,5,10H2,1-4H3. The van der Waals surface area contributed by atoms with Gasteiger partial charge in [-0.2, -0.15) is 0 Å². The molecule has 1 aromatic carbocycles. The summed E-state index contributed by atoms with van der Waals surface area (Å²) < 4.78 is 1.89. The van der Waals surface area contributed by atoms with Gasteiger partial charge in [0.05, 0.1) is 17.1 Å². The van der Waals surface area contributed by atoms with Gasteiger partial charge < -0.3 is 0 Å². The summed E-state index contributed by atoms with van der Waals surface area (Å²) in [5, 5.41) is 8.39. The van der Waals surface area contributed by atoms with Crippen LogP contribution in [0.5, 0.6) is 0 Å². The van der Waals surface area contributed by atoms with E-state index in [9.17, 15) is 0 Å². The molecule has 1 heterocycles. The first-order valence-corrected chi connectivity index (χ1v) is 7.95. The van der Waals surface area contributed by atoms with Gasteiger partial charge in [-0.1, -0.05) is 73.1 Å². The van der Waals surface area contributed by atoms with Crippen LogP contribution in [0.4, 0.5) is 0 Å². The lowest BCUT2D eigenvalue weighted by molar-refractivity contribution is 0.589. The normalized spacial score (nSPS) is 13.4. The Kier molecular flexibility index (Phi) is 4.63. The van der Waals surface area contributed by atoms with E-state index in [-0.39, 0.29) is 5.41 Å². The van der Waals surface area contributed by atoms with Gasteiger partial charge in [-0.25, -0.2) is 4.68 Å². The molecule has 0 radical (unpaired) electrons. The lowest BCUT2D eigenvalue weighted by Gasteiger charge is -2.19. The maximum atomic E-state index is 4.21. The fraction of sp³-hybridized carbons (Fsp3) is 0.500. The second kappa shape index (κ2) is 6.08. The van der Waals surface area contributed by atoms with E-state index < -0.39 is 0 Å². The third-order valence-corrected chi connectivity index (χ3v) is 4.52. The minimum absolute atomic E-state index is 0.198. The summed E-state index contributed by atoms with van der Waals surface area (Å²) in [5.74, 6) is 0. The van der Waals surface area contributed by atoms with Gasteiger partial charge in [0.25, 0.3) is 0 Å². The molecule has 0 aliphatic rings. The predicted molar refractivity (Wildman–Crippen MR) is 86.2 cm³/mol. The van der Waals surface area contributed by atoms with Crippen molar-refractivity contribution in [3.63, 3.8) is 0 Å². The highest BCUT2D eigenvalue weighted by atomic mass is 79.9. The minimum atomic E-state index is 0.198. The van der Waals surface area contributed by atoms with Gasteiger partial charge in [0.1, 0.15) is 0 Å². The number of benzene rings is 1. The lowest BCUT2D eigenvalue weighted by Crippen LogP contribution is -2.11. The smallest absolute Gasteiger partial charge is 0.0963 e. The fourth-order valence-corrected chi connectivity index (χ4v) is 2.25. The van der Waals surface area contributed by atoms with Crippen molar-refractivity contribution in [2.45, 2.75) is 50.9 Å². The van der Waals surface area contributed by atoms with Crippen molar-refractivity contribution >= 4 is 15.9 Å². The molecular weight excluding hydrogens is 314 g/mol. The molecule has 0 fully saturated rings. The van der Waals surface area contributed by atoms with Gasteiger partial charge in [-0.3, -0.25) is 0 Å². The number of nitrogens with zero attached hydrogens (tertiary/aromatic N) is 3.